The first kappa shape index (κ1) is 15.1. The number of hydrogen-bond acceptors (Lipinski definition) is 5. The maximum atomic E-state index is 11.1. The number of methoxy groups -OCH3 is 1. The van der Waals surface area contributed by atoms with Gasteiger partial charge >= 0.3 is 5.97 Å². The van der Waals surface area contributed by atoms with Gasteiger partial charge in [0.25, 0.3) is 0 Å². The number of nitrogens with one attached hydrogen (secondary N) is 1. The Morgan fingerprint density at radius 1 is 1.50 bits per heavy atom. The fraction of sp³-hybridized carbons (Fsp3) is 0.444. The lowest BCUT2D eigenvalue weighted by molar-refractivity contribution is 0.0586. The largest absolute Gasteiger partial charge is 0.463 e. The van der Waals surface area contributed by atoms with Crippen LogP contribution < -0.4 is 5.32 Å². The van der Waals surface area contributed by atoms with Crippen LogP contribution in [0.1, 0.15) is 21.9 Å². The Balaban J connectivity index is 0.00000112. The molecule has 0 bridgehead atoms. The number of fused-ring (bicyclic) bond motifs is 1. The van der Waals surface area contributed by atoms with Crippen molar-refractivity contribution in [1.29, 1.82) is 0 Å². The van der Waals surface area contributed by atoms with E-state index in [1.807, 2.05) is 0 Å². The molecule has 2 rings (SSSR count). The average molecular weight is 266 g/mol. The highest BCUT2D eigenvalue weighted by Gasteiger charge is 2.15. The lowest BCUT2D eigenvalue weighted by Crippen LogP contribution is -2.26. The van der Waals surface area contributed by atoms with Crippen molar-refractivity contribution in [2.75, 3.05) is 13.7 Å². The smallest absolute Gasteiger partial charge is 0.376 e. The second kappa shape index (κ2) is 6.62. The van der Waals surface area contributed by atoms with Crippen LogP contribution in [0.2, 0.25) is 0 Å². The lowest BCUT2D eigenvalue weighted by atomic mass is 10.1. The predicted molar refractivity (Wildman–Crippen MR) is 63.3 cm³/mol. The summed E-state index contributed by atoms with van der Waals surface area (Å²) in [5, 5.41) is 3.21. The molecule has 0 unspecified atom stereocenters. The van der Waals surface area contributed by atoms with Gasteiger partial charge in [-0.05, 0) is 0 Å². The molecule has 0 saturated heterocycles. The quantitative estimate of drug-likeness (QED) is 0.760. The van der Waals surface area contributed by atoms with Crippen molar-refractivity contribution in [3.63, 3.8) is 0 Å². The number of halogens is 2. The maximum absolute atomic E-state index is 11.1. The SMILES string of the molecule is COC(=O)c1ncc2c(n1)CCNC2.Cl.Cl. The van der Waals surface area contributed by atoms with E-state index in [4.69, 9.17) is 0 Å². The van der Waals surface area contributed by atoms with Crippen molar-refractivity contribution in [1.82, 2.24) is 15.3 Å². The second-order valence-electron chi connectivity index (χ2n) is 3.08. The van der Waals surface area contributed by atoms with Crippen molar-refractivity contribution >= 4 is 30.8 Å². The number of hydrogen-bond donors (Lipinski definition) is 1. The number of ether oxygens (including phenoxy) is 1. The molecule has 0 aliphatic carbocycles. The normalized spacial score (nSPS) is 12.8. The molecule has 16 heavy (non-hydrogen) atoms. The van der Waals surface area contributed by atoms with E-state index in [9.17, 15) is 4.79 Å². The van der Waals surface area contributed by atoms with Crippen LogP contribution in [0.25, 0.3) is 0 Å². The van der Waals surface area contributed by atoms with Crippen LogP contribution in [-0.2, 0) is 17.7 Å². The van der Waals surface area contributed by atoms with Crippen molar-refractivity contribution in [3.8, 4) is 0 Å². The van der Waals surface area contributed by atoms with Crippen LogP contribution in [0.3, 0.4) is 0 Å². The van der Waals surface area contributed by atoms with Gasteiger partial charge in [-0.25, -0.2) is 14.8 Å². The molecule has 0 spiro atoms. The van der Waals surface area contributed by atoms with Gasteiger partial charge in [-0.15, -0.1) is 24.8 Å². The van der Waals surface area contributed by atoms with Crippen LogP contribution in [0.15, 0.2) is 6.20 Å². The molecule has 5 nitrogen and oxygen atoms in total. The summed E-state index contributed by atoms with van der Waals surface area (Å²) in [6, 6.07) is 0. The summed E-state index contributed by atoms with van der Waals surface area (Å²) < 4.78 is 4.55. The van der Waals surface area contributed by atoms with E-state index >= 15 is 0 Å². The Bertz CT molecular complexity index is 374. The Morgan fingerprint density at radius 2 is 2.25 bits per heavy atom. The Labute approximate surface area is 106 Å². The minimum absolute atomic E-state index is 0. The first-order valence-electron chi connectivity index (χ1n) is 4.45. The highest BCUT2D eigenvalue weighted by atomic mass is 35.5. The summed E-state index contributed by atoms with van der Waals surface area (Å²) in [5.74, 6) is -0.334. The summed E-state index contributed by atoms with van der Waals surface area (Å²) in [6.45, 7) is 1.67. The van der Waals surface area contributed by atoms with Gasteiger partial charge in [-0.2, -0.15) is 0 Å². The van der Waals surface area contributed by atoms with Crippen LogP contribution in [0.5, 0.6) is 0 Å². The molecule has 1 N–H and O–H groups in total. The Kier molecular flexibility index (Phi) is 6.25. The lowest BCUT2D eigenvalue weighted by Gasteiger charge is -2.15. The molecule has 0 saturated carbocycles. The summed E-state index contributed by atoms with van der Waals surface area (Å²) in [7, 11) is 1.33. The van der Waals surface area contributed by atoms with Gasteiger partial charge in [0.2, 0.25) is 5.82 Å². The third-order valence-electron chi connectivity index (χ3n) is 2.18. The van der Waals surface area contributed by atoms with E-state index in [1.54, 1.807) is 6.20 Å². The highest BCUT2D eigenvalue weighted by molar-refractivity contribution is 5.85. The molecule has 1 aliphatic rings. The number of esters is 1. The molecular formula is C9H13Cl2N3O2. The first-order valence-corrected chi connectivity index (χ1v) is 4.45. The van der Waals surface area contributed by atoms with Gasteiger partial charge in [0.1, 0.15) is 0 Å². The van der Waals surface area contributed by atoms with Crippen LogP contribution in [0, 0.1) is 0 Å². The van der Waals surface area contributed by atoms with Gasteiger partial charge in [0, 0.05) is 31.3 Å². The molecule has 0 radical (unpaired) electrons. The molecule has 0 aromatic carbocycles. The van der Waals surface area contributed by atoms with Crippen LogP contribution in [-0.4, -0.2) is 29.6 Å². The van der Waals surface area contributed by atoms with E-state index in [1.165, 1.54) is 7.11 Å². The number of carbonyl (C=O) groups excluding carboxylic acids is 1. The van der Waals surface area contributed by atoms with Gasteiger partial charge < -0.3 is 10.1 Å². The second-order valence-corrected chi connectivity index (χ2v) is 3.08. The monoisotopic (exact) mass is 265 g/mol. The predicted octanol–water partition coefficient (Wildman–Crippen LogP) is 0.752. The number of nitrogens with zero attached hydrogens (tertiary/aromatic N) is 2. The summed E-state index contributed by atoms with van der Waals surface area (Å²) in [6.07, 6.45) is 2.52. The number of carbonyl (C=O) groups is 1. The molecule has 0 atom stereocenters. The number of rotatable bonds is 1. The number of aromatic nitrogens is 2. The van der Waals surface area contributed by atoms with Gasteiger partial charge in [-0.3, -0.25) is 0 Å². The highest BCUT2D eigenvalue weighted by Crippen LogP contribution is 2.10. The minimum Gasteiger partial charge on any atom is -0.463 e. The van der Waals surface area contributed by atoms with Gasteiger partial charge in [-0.1, -0.05) is 0 Å². The molecule has 1 aromatic rings. The molecule has 0 fully saturated rings. The van der Waals surface area contributed by atoms with Crippen LogP contribution in [0.4, 0.5) is 0 Å². The van der Waals surface area contributed by atoms with Crippen molar-refractivity contribution in [2.24, 2.45) is 0 Å². The molecule has 7 heteroatoms. The minimum atomic E-state index is -0.480. The molecule has 2 heterocycles. The van der Waals surface area contributed by atoms with Crippen molar-refractivity contribution in [3.05, 3.63) is 23.3 Å². The zero-order valence-electron chi connectivity index (χ0n) is 8.73. The Hall–Kier alpha value is -0.910. The summed E-state index contributed by atoms with van der Waals surface area (Å²) in [4.78, 5) is 19.2. The molecule has 0 amide bonds. The third-order valence-corrected chi connectivity index (χ3v) is 2.18. The maximum Gasteiger partial charge on any atom is 0.376 e. The summed E-state index contributed by atoms with van der Waals surface area (Å²) in [5.41, 5.74) is 2.00. The Morgan fingerprint density at radius 3 is 2.94 bits per heavy atom. The van der Waals surface area contributed by atoms with E-state index in [0.29, 0.717) is 0 Å². The van der Waals surface area contributed by atoms with Gasteiger partial charge in [0.05, 0.1) is 12.8 Å². The van der Waals surface area contributed by atoms with Gasteiger partial charge in [0.15, 0.2) is 0 Å². The van der Waals surface area contributed by atoms with Crippen molar-refractivity contribution in [2.45, 2.75) is 13.0 Å². The fourth-order valence-electron chi connectivity index (χ4n) is 1.43. The molecule has 1 aliphatic heterocycles. The third kappa shape index (κ3) is 3.04. The molecule has 1 aromatic heterocycles. The fourth-order valence-corrected chi connectivity index (χ4v) is 1.43. The van der Waals surface area contributed by atoms with E-state index < -0.39 is 5.97 Å². The van der Waals surface area contributed by atoms with E-state index in [2.05, 4.69) is 20.0 Å². The molecular weight excluding hydrogens is 253 g/mol. The van der Waals surface area contributed by atoms with Crippen molar-refractivity contribution < 1.29 is 9.53 Å². The standard InChI is InChI=1S/C9H11N3O2.2ClH/c1-14-9(13)8-11-5-6-4-10-3-2-7(6)12-8;;/h5,10H,2-4H2,1H3;2*1H. The zero-order valence-corrected chi connectivity index (χ0v) is 10.4. The molecule has 90 valence electrons. The zero-order chi connectivity index (χ0) is 9.97. The average Bonchev–Trinajstić information content (AvgIpc) is 2.27. The van der Waals surface area contributed by atoms with E-state index in [0.717, 1.165) is 30.8 Å². The first-order chi connectivity index (χ1) is 6.81. The van der Waals surface area contributed by atoms with Crippen LogP contribution >= 0.6 is 24.8 Å². The topological polar surface area (TPSA) is 64.1 Å². The summed E-state index contributed by atoms with van der Waals surface area (Å²) >= 11 is 0. The van der Waals surface area contributed by atoms with E-state index in [-0.39, 0.29) is 30.6 Å².